The first kappa shape index (κ1) is 14.5. The van der Waals surface area contributed by atoms with Crippen molar-refractivity contribution in [3.05, 3.63) is 18.2 Å². The van der Waals surface area contributed by atoms with Crippen molar-refractivity contribution in [3.8, 4) is 0 Å². The molecule has 0 spiro atoms. The van der Waals surface area contributed by atoms with Gasteiger partial charge in [0, 0.05) is 38.5 Å². The molecule has 1 aromatic heterocycles. The van der Waals surface area contributed by atoms with Gasteiger partial charge in [0.2, 0.25) is 0 Å². The molecular weight excluding hydrogens is 238 g/mol. The van der Waals surface area contributed by atoms with Gasteiger partial charge in [-0.25, -0.2) is 4.98 Å². The second kappa shape index (κ2) is 7.06. The number of imidazole rings is 1. The van der Waals surface area contributed by atoms with Gasteiger partial charge in [0.05, 0.1) is 6.10 Å². The molecule has 0 radical (unpaired) electrons. The van der Waals surface area contributed by atoms with Crippen LogP contribution < -0.4 is 5.32 Å². The monoisotopic (exact) mass is 265 g/mol. The smallest absolute Gasteiger partial charge is 0.110 e. The predicted molar refractivity (Wildman–Crippen MR) is 77.2 cm³/mol. The highest BCUT2D eigenvalue weighted by atomic mass is 16.5. The van der Waals surface area contributed by atoms with E-state index in [0.29, 0.717) is 12.1 Å². The van der Waals surface area contributed by atoms with Gasteiger partial charge in [-0.1, -0.05) is 13.8 Å². The minimum atomic E-state index is 0.326. The summed E-state index contributed by atoms with van der Waals surface area (Å²) < 4.78 is 8.01. The molecule has 1 aliphatic rings. The Labute approximate surface area is 116 Å². The Bertz CT molecular complexity index is 373. The van der Waals surface area contributed by atoms with E-state index in [-0.39, 0.29) is 0 Å². The van der Waals surface area contributed by atoms with Crippen molar-refractivity contribution >= 4 is 0 Å². The van der Waals surface area contributed by atoms with Gasteiger partial charge < -0.3 is 14.6 Å². The second-order valence-electron chi connectivity index (χ2n) is 5.44. The molecule has 0 saturated heterocycles. The van der Waals surface area contributed by atoms with Gasteiger partial charge in [-0.15, -0.1) is 0 Å². The molecule has 1 fully saturated rings. The summed E-state index contributed by atoms with van der Waals surface area (Å²) in [6.07, 6.45) is 9.04. The lowest BCUT2D eigenvalue weighted by atomic mass is 10.0. The van der Waals surface area contributed by atoms with E-state index in [1.807, 2.05) is 13.3 Å². The molecule has 1 heterocycles. The van der Waals surface area contributed by atoms with Crippen LogP contribution in [0, 0.1) is 5.92 Å². The molecule has 108 valence electrons. The van der Waals surface area contributed by atoms with Crippen LogP contribution in [0.25, 0.3) is 0 Å². The summed E-state index contributed by atoms with van der Waals surface area (Å²) in [6.45, 7) is 6.39. The molecule has 2 unspecified atom stereocenters. The number of ether oxygens (including phenoxy) is 1. The van der Waals surface area contributed by atoms with Crippen LogP contribution in [0.1, 0.15) is 38.9 Å². The van der Waals surface area contributed by atoms with E-state index >= 15 is 0 Å². The number of hydrogen-bond donors (Lipinski definition) is 1. The summed E-state index contributed by atoms with van der Waals surface area (Å²) in [4.78, 5) is 4.52. The Hall–Kier alpha value is -0.870. The Morgan fingerprint density at radius 3 is 2.84 bits per heavy atom. The summed E-state index contributed by atoms with van der Waals surface area (Å²) in [7, 11) is 1.84. The minimum Gasteiger partial charge on any atom is -0.380 e. The van der Waals surface area contributed by atoms with Crippen LogP contribution in [0.2, 0.25) is 0 Å². The van der Waals surface area contributed by atoms with Crippen molar-refractivity contribution in [1.29, 1.82) is 0 Å². The third kappa shape index (κ3) is 3.80. The first-order valence-electron chi connectivity index (χ1n) is 7.56. The van der Waals surface area contributed by atoms with Crippen LogP contribution in [0.4, 0.5) is 0 Å². The fraction of sp³-hybridized carbons (Fsp3) is 0.800. The first-order valence-corrected chi connectivity index (χ1v) is 7.56. The van der Waals surface area contributed by atoms with E-state index in [4.69, 9.17) is 4.74 Å². The van der Waals surface area contributed by atoms with E-state index in [1.54, 1.807) is 0 Å². The van der Waals surface area contributed by atoms with Gasteiger partial charge in [-0.2, -0.15) is 0 Å². The fourth-order valence-electron chi connectivity index (χ4n) is 2.85. The molecular formula is C15H27N3O. The lowest BCUT2D eigenvalue weighted by molar-refractivity contribution is 0.0507. The van der Waals surface area contributed by atoms with Crippen LogP contribution in [-0.2, 0) is 17.7 Å². The minimum absolute atomic E-state index is 0.326. The lowest BCUT2D eigenvalue weighted by Crippen LogP contribution is -2.44. The molecule has 0 aliphatic heterocycles. The van der Waals surface area contributed by atoms with E-state index in [0.717, 1.165) is 31.8 Å². The first-order chi connectivity index (χ1) is 9.30. The Balaban J connectivity index is 2.04. The lowest BCUT2D eigenvalue weighted by Gasteiger charge is -2.27. The van der Waals surface area contributed by atoms with Crippen molar-refractivity contribution < 1.29 is 4.74 Å². The number of nitrogens with one attached hydrogen (secondary N) is 1. The van der Waals surface area contributed by atoms with Gasteiger partial charge in [0.15, 0.2) is 0 Å². The van der Waals surface area contributed by atoms with Gasteiger partial charge in [0.25, 0.3) is 0 Å². The van der Waals surface area contributed by atoms with Crippen molar-refractivity contribution in [3.63, 3.8) is 0 Å². The average Bonchev–Trinajstić information content (AvgIpc) is 3.14. The van der Waals surface area contributed by atoms with E-state index < -0.39 is 0 Å². The predicted octanol–water partition coefficient (Wildman–Crippen LogP) is 2.24. The van der Waals surface area contributed by atoms with Crippen molar-refractivity contribution in [2.75, 3.05) is 13.7 Å². The number of methoxy groups -OCH3 is 1. The number of aryl methyl sites for hydroxylation is 1. The molecule has 1 aromatic rings. The standard InChI is InChI=1S/C15H27N3O/c1-4-9-18-10-8-17-14(18)11-13(16-5-2)15(19-3)12-6-7-12/h8,10,12-13,15-16H,4-7,9,11H2,1-3H3. The Morgan fingerprint density at radius 1 is 1.47 bits per heavy atom. The van der Waals surface area contributed by atoms with Crippen molar-refractivity contribution in [1.82, 2.24) is 14.9 Å². The van der Waals surface area contributed by atoms with E-state index in [2.05, 4.69) is 34.9 Å². The van der Waals surface area contributed by atoms with Gasteiger partial charge in [-0.05, 0) is 31.7 Å². The van der Waals surface area contributed by atoms with Crippen molar-refractivity contribution in [2.45, 2.75) is 58.2 Å². The highest BCUT2D eigenvalue weighted by Crippen LogP contribution is 2.36. The highest BCUT2D eigenvalue weighted by Gasteiger charge is 2.36. The summed E-state index contributed by atoms with van der Waals surface area (Å²) in [5, 5.41) is 3.58. The zero-order valence-corrected chi connectivity index (χ0v) is 12.4. The quantitative estimate of drug-likeness (QED) is 0.744. The topological polar surface area (TPSA) is 39.1 Å². The van der Waals surface area contributed by atoms with Gasteiger partial charge in [0.1, 0.15) is 5.82 Å². The van der Waals surface area contributed by atoms with E-state index in [9.17, 15) is 0 Å². The van der Waals surface area contributed by atoms with Crippen LogP contribution in [0.3, 0.4) is 0 Å². The Kier molecular flexibility index (Phi) is 5.40. The molecule has 1 saturated carbocycles. The van der Waals surface area contributed by atoms with Crippen LogP contribution in [0.15, 0.2) is 12.4 Å². The SMILES string of the molecule is CCCn1ccnc1CC(NCC)C(OC)C1CC1. The molecule has 2 rings (SSSR count). The average molecular weight is 265 g/mol. The maximum absolute atomic E-state index is 5.74. The Morgan fingerprint density at radius 2 is 2.26 bits per heavy atom. The molecule has 1 N–H and O–H groups in total. The van der Waals surface area contributed by atoms with Crippen LogP contribution in [-0.4, -0.2) is 35.4 Å². The molecule has 4 heteroatoms. The molecule has 2 atom stereocenters. The number of rotatable bonds is 9. The van der Waals surface area contributed by atoms with Gasteiger partial charge >= 0.3 is 0 Å². The summed E-state index contributed by atoms with van der Waals surface area (Å²) in [5.41, 5.74) is 0. The molecule has 4 nitrogen and oxygen atoms in total. The molecule has 19 heavy (non-hydrogen) atoms. The highest BCUT2D eigenvalue weighted by molar-refractivity contribution is 5.00. The molecule has 0 amide bonds. The maximum Gasteiger partial charge on any atom is 0.110 e. The van der Waals surface area contributed by atoms with Crippen LogP contribution in [0.5, 0.6) is 0 Å². The molecule has 1 aliphatic carbocycles. The zero-order chi connectivity index (χ0) is 13.7. The number of likely N-dealkylation sites (N-methyl/N-ethyl adjacent to an activating group) is 1. The van der Waals surface area contributed by atoms with Crippen LogP contribution >= 0.6 is 0 Å². The summed E-state index contributed by atoms with van der Waals surface area (Å²) >= 11 is 0. The third-order valence-electron chi connectivity index (χ3n) is 3.89. The van der Waals surface area contributed by atoms with Crippen molar-refractivity contribution in [2.24, 2.45) is 5.92 Å². The largest absolute Gasteiger partial charge is 0.380 e. The van der Waals surface area contributed by atoms with E-state index in [1.165, 1.54) is 18.7 Å². The zero-order valence-electron chi connectivity index (χ0n) is 12.4. The summed E-state index contributed by atoms with van der Waals surface area (Å²) in [5.74, 6) is 1.92. The third-order valence-corrected chi connectivity index (χ3v) is 3.89. The number of nitrogens with zero attached hydrogens (tertiary/aromatic N) is 2. The summed E-state index contributed by atoms with van der Waals surface area (Å²) in [6, 6.07) is 0.375. The molecule has 0 bridgehead atoms. The van der Waals surface area contributed by atoms with Gasteiger partial charge in [-0.3, -0.25) is 0 Å². The number of aromatic nitrogens is 2. The maximum atomic E-state index is 5.74. The fourth-order valence-corrected chi connectivity index (χ4v) is 2.85. The number of hydrogen-bond acceptors (Lipinski definition) is 3. The second-order valence-corrected chi connectivity index (χ2v) is 5.44. The normalized spacial score (nSPS) is 18.5. The molecule has 0 aromatic carbocycles.